The van der Waals surface area contributed by atoms with Gasteiger partial charge in [-0.15, -0.1) is 11.3 Å². The van der Waals surface area contributed by atoms with Crippen molar-refractivity contribution < 1.29 is 13.5 Å². The summed E-state index contributed by atoms with van der Waals surface area (Å²) in [7, 11) is -1.43. The zero-order chi connectivity index (χ0) is 21.8. The fourth-order valence-electron chi connectivity index (χ4n) is 4.04. The van der Waals surface area contributed by atoms with Crippen LogP contribution in [0.4, 0.5) is 5.69 Å². The van der Waals surface area contributed by atoms with Gasteiger partial charge in [-0.25, -0.2) is 8.42 Å². The summed E-state index contributed by atoms with van der Waals surface area (Å²) in [6, 6.07) is 20.8. The van der Waals surface area contributed by atoms with E-state index in [1.807, 2.05) is 30.3 Å². The number of hydrogen-bond acceptors (Lipinski definition) is 6. The van der Waals surface area contributed by atoms with Gasteiger partial charge >= 0.3 is 0 Å². The Morgan fingerprint density at radius 1 is 1.03 bits per heavy atom. The van der Waals surface area contributed by atoms with Gasteiger partial charge in [0.1, 0.15) is 9.96 Å². The second-order valence-corrected chi connectivity index (χ2v) is 11.0. The van der Waals surface area contributed by atoms with Gasteiger partial charge in [-0.3, -0.25) is 0 Å². The molecule has 0 aliphatic carbocycles. The summed E-state index contributed by atoms with van der Waals surface area (Å²) in [4.78, 5) is 4.48. The Morgan fingerprint density at radius 2 is 1.77 bits per heavy atom. The van der Waals surface area contributed by atoms with E-state index < -0.39 is 10.0 Å². The van der Waals surface area contributed by atoms with Crippen LogP contribution in [0.2, 0.25) is 0 Å². The molecule has 6 nitrogen and oxygen atoms in total. The predicted octanol–water partition coefficient (Wildman–Crippen LogP) is 3.47. The van der Waals surface area contributed by atoms with Crippen molar-refractivity contribution in [3.8, 4) is 5.75 Å². The maximum Gasteiger partial charge on any atom is 0.252 e. The van der Waals surface area contributed by atoms with Crippen molar-refractivity contribution in [2.45, 2.75) is 16.8 Å². The highest BCUT2D eigenvalue weighted by Gasteiger charge is 2.35. The van der Waals surface area contributed by atoms with E-state index in [0.29, 0.717) is 30.4 Å². The van der Waals surface area contributed by atoms with Gasteiger partial charge in [-0.2, -0.15) is 4.31 Å². The minimum absolute atomic E-state index is 0.0123. The second kappa shape index (κ2) is 9.40. The topological polar surface area (TPSA) is 64.1 Å². The lowest BCUT2D eigenvalue weighted by Gasteiger charge is -2.43. The van der Waals surface area contributed by atoms with Crippen molar-refractivity contribution in [3.63, 3.8) is 0 Å². The smallest absolute Gasteiger partial charge is 0.252 e. The van der Waals surface area contributed by atoms with Gasteiger partial charge < -0.3 is 14.9 Å². The van der Waals surface area contributed by atoms with E-state index in [0.717, 1.165) is 12.2 Å². The standard InChI is InChI=1S/C23H27N3O3S2/c1-24(16-19-6-3-2-4-7-19)17-21-18-25(31(28,29)23-8-5-15-30-23)13-14-26(21)20-9-11-22(27)12-10-20/h2-12,15,21,27H,13-14,16-18H2,1H3/t21-/m1/s1. The molecule has 2 aromatic carbocycles. The average Bonchev–Trinajstić information content (AvgIpc) is 3.31. The molecule has 0 unspecified atom stereocenters. The van der Waals surface area contributed by atoms with Crippen LogP contribution in [0.15, 0.2) is 76.3 Å². The van der Waals surface area contributed by atoms with Crippen molar-refractivity contribution >= 4 is 27.0 Å². The summed E-state index contributed by atoms with van der Waals surface area (Å²) >= 11 is 1.26. The zero-order valence-electron chi connectivity index (χ0n) is 17.5. The number of piperazine rings is 1. The summed E-state index contributed by atoms with van der Waals surface area (Å²) in [6.07, 6.45) is 0. The molecule has 3 aromatic rings. The summed E-state index contributed by atoms with van der Waals surface area (Å²) in [6.45, 7) is 2.95. The van der Waals surface area contributed by atoms with E-state index in [9.17, 15) is 13.5 Å². The van der Waals surface area contributed by atoms with Crippen LogP contribution in [-0.4, -0.2) is 62.0 Å². The Bertz CT molecular complexity index is 1070. The number of anilines is 1. The first kappa shape index (κ1) is 21.8. The molecule has 0 bridgehead atoms. The minimum atomic E-state index is -3.49. The fraction of sp³-hybridized carbons (Fsp3) is 0.304. The summed E-state index contributed by atoms with van der Waals surface area (Å²) in [5, 5.41) is 11.5. The quantitative estimate of drug-likeness (QED) is 0.589. The summed E-state index contributed by atoms with van der Waals surface area (Å²) in [5.41, 5.74) is 2.21. The molecule has 1 N–H and O–H groups in total. The number of benzene rings is 2. The largest absolute Gasteiger partial charge is 0.508 e. The Morgan fingerprint density at radius 3 is 2.45 bits per heavy atom. The van der Waals surface area contributed by atoms with E-state index in [4.69, 9.17) is 0 Å². The minimum Gasteiger partial charge on any atom is -0.508 e. The number of nitrogens with zero attached hydrogens (tertiary/aromatic N) is 3. The molecule has 1 fully saturated rings. The van der Waals surface area contributed by atoms with Crippen molar-refractivity contribution in [1.82, 2.24) is 9.21 Å². The predicted molar refractivity (Wildman–Crippen MR) is 125 cm³/mol. The van der Waals surface area contributed by atoms with Crippen LogP contribution in [0.1, 0.15) is 5.56 Å². The van der Waals surface area contributed by atoms with Gasteiger partial charge in [0, 0.05) is 38.4 Å². The number of rotatable bonds is 7. The Hall–Kier alpha value is -2.39. The molecule has 1 aromatic heterocycles. The van der Waals surface area contributed by atoms with Crippen LogP contribution in [0, 0.1) is 0 Å². The monoisotopic (exact) mass is 457 g/mol. The number of likely N-dealkylation sites (N-methyl/N-ethyl adjacent to an activating group) is 1. The van der Waals surface area contributed by atoms with Crippen molar-refractivity contribution in [1.29, 1.82) is 0 Å². The van der Waals surface area contributed by atoms with Crippen molar-refractivity contribution in [2.75, 3.05) is 38.1 Å². The molecule has 4 rings (SSSR count). The third kappa shape index (κ3) is 5.10. The normalized spacial score (nSPS) is 17.9. The number of hydrogen-bond donors (Lipinski definition) is 1. The van der Waals surface area contributed by atoms with E-state index in [1.165, 1.54) is 16.9 Å². The summed E-state index contributed by atoms with van der Waals surface area (Å²) in [5.74, 6) is 0.223. The van der Waals surface area contributed by atoms with E-state index in [2.05, 4.69) is 29.0 Å². The fourth-order valence-corrected chi connectivity index (χ4v) is 6.66. The Kier molecular flexibility index (Phi) is 6.62. The Labute approximate surface area is 188 Å². The van der Waals surface area contributed by atoms with Gasteiger partial charge in [-0.05, 0) is 48.3 Å². The molecule has 0 amide bonds. The molecule has 2 heterocycles. The van der Waals surface area contributed by atoms with Gasteiger partial charge in [-0.1, -0.05) is 36.4 Å². The van der Waals surface area contributed by atoms with Gasteiger partial charge in [0.25, 0.3) is 10.0 Å². The molecule has 0 saturated carbocycles. The van der Waals surface area contributed by atoms with Crippen LogP contribution >= 0.6 is 11.3 Å². The number of aromatic hydroxyl groups is 1. The number of phenols is 1. The highest BCUT2D eigenvalue weighted by atomic mass is 32.2. The van der Waals surface area contributed by atoms with Crippen molar-refractivity contribution in [3.05, 3.63) is 77.7 Å². The van der Waals surface area contributed by atoms with Crippen molar-refractivity contribution in [2.24, 2.45) is 0 Å². The SMILES string of the molecule is CN(Cc1ccccc1)C[C@@H]1CN(S(=O)(=O)c2cccs2)CCN1c1ccc(O)cc1. The average molecular weight is 458 g/mol. The van der Waals surface area contributed by atoms with Crippen LogP contribution in [0.25, 0.3) is 0 Å². The van der Waals surface area contributed by atoms with Gasteiger partial charge in [0.2, 0.25) is 0 Å². The zero-order valence-corrected chi connectivity index (χ0v) is 19.1. The van der Waals surface area contributed by atoms with Crippen LogP contribution in [0.5, 0.6) is 5.75 Å². The maximum atomic E-state index is 13.1. The number of sulfonamides is 1. The lowest BCUT2D eigenvalue weighted by Crippen LogP contribution is -2.58. The second-order valence-electron chi connectivity index (χ2n) is 7.84. The first-order valence-corrected chi connectivity index (χ1v) is 12.6. The summed E-state index contributed by atoms with van der Waals surface area (Å²) < 4.78 is 28.3. The molecular formula is C23H27N3O3S2. The third-order valence-electron chi connectivity index (χ3n) is 5.53. The molecule has 1 aliphatic rings. The maximum absolute atomic E-state index is 13.1. The molecule has 31 heavy (non-hydrogen) atoms. The highest BCUT2D eigenvalue weighted by Crippen LogP contribution is 2.28. The molecule has 1 aliphatic heterocycles. The highest BCUT2D eigenvalue weighted by molar-refractivity contribution is 7.91. The lowest BCUT2D eigenvalue weighted by atomic mass is 10.1. The molecule has 0 spiro atoms. The molecule has 1 saturated heterocycles. The molecular weight excluding hydrogens is 430 g/mol. The first-order chi connectivity index (χ1) is 14.9. The van der Waals surface area contributed by atoms with Gasteiger partial charge in [0.05, 0.1) is 6.04 Å². The number of thiophene rings is 1. The van der Waals surface area contributed by atoms with E-state index in [1.54, 1.807) is 34.0 Å². The molecule has 1 atom stereocenters. The first-order valence-electron chi connectivity index (χ1n) is 10.3. The number of phenolic OH excluding ortho intramolecular Hbond substituents is 1. The van der Waals surface area contributed by atoms with E-state index in [-0.39, 0.29) is 11.8 Å². The van der Waals surface area contributed by atoms with Gasteiger partial charge in [0.15, 0.2) is 0 Å². The molecule has 8 heteroatoms. The van der Waals surface area contributed by atoms with E-state index >= 15 is 0 Å². The lowest BCUT2D eigenvalue weighted by molar-refractivity contribution is 0.249. The molecule has 164 valence electrons. The third-order valence-corrected chi connectivity index (χ3v) is 8.77. The van der Waals surface area contributed by atoms with Crippen LogP contribution in [-0.2, 0) is 16.6 Å². The Balaban J connectivity index is 1.55. The molecule has 0 radical (unpaired) electrons. The van der Waals surface area contributed by atoms with Crippen LogP contribution < -0.4 is 4.90 Å². The van der Waals surface area contributed by atoms with Crippen LogP contribution in [0.3, 0.4) is 0 Å².